The van der Waals surface area contributed by atoms with Gasteiger partial charge in [0.1, 0.15) is 13.3 Å². The van der Waals surface area contributed by atoms with Gasteiger partial charge in [0, 0.05) is 51.9 Å². The second kappa shape index (κ2) is 28.7. The fourth-order valence-corrected chi connectivity index (χ4v) is 4.11. The van der Waals surface area contributed by atoms with E-state index in [4.69, 9.17) is 11.6 Å². The molecule has 0 aromatic rings. The Hall–Kier alpha value is -2.09. The number of ether oxygens (including phenoxy) is 1. The molecule has 0 radical (unpaired) electrons. The number of hydrazine groups is 1. The van der Waals surface area contributed by atoms with Gasteiger partial charge in [-0.2, -0.15) is 13.2 Å². The van der Waals surface area contributed by atoms with Gasteiger partial charge in [0.15, 0.2) is 0 Å². The van der Waals surface area contributed by atoms with E-state index in [1.807, 2.05) is 27.7 Å². The van der Waals surface area contributed by atoms with Crippen LogP contribution in [0.3, 0.4) is 0 Å². The average molecular weight is 637 g/mol. The van der Waals surface area contributed by atoms with Crippen molar-refractivity contribution < 1.29 is 22.3 Å². The maximum atomic E-state index is 11.7. The van der Waals surface area contributed by atoms with Crippen LogP contribution >= 0.6 is 11.6 Å². The number of nitrogens with one attached hydrogen (secondary N) is 1. The topological polar surface area (TPSA) is 31.0 Å². The number of nitrogens with zero attached hydrogens (tertiary/aromatic N) is 3. The molecular weight excluding hydrogens is 580 g/mol. The highest BCUT2D eigenvalue weighted by atomic mass is 35.5. The molecule has 5 nitrogen and oxygen atoms in total. The van der Waals surface area contributed by atoms with Gasteiger partial charge in [0.2, 0.25) is 0 Å². The van der Waals surface area contributed by atoms with Gasteiger partial charge < -0.3 is 20.0 Å². The largest absolute Gasteiger partial charge is 0.411 e. The molecule has 0 amide bonds. The Morgan fingerprint density at radius 3 is 2.28 bits per heavy atom. The van der Waals surface area contributed by atoms with Gasteiger partial charge >= 0.3 is 6.18 Å². The summed E-state index contributed by atoms with van der Waals surface area (Å²) in [4.78, 5) is 2.27. The quantitative estimate of drug-likeness (QED) is 0.102. The van der Waals surface area contributed by atoms with Crippen molar-refractivity contribution >= 4 is 11.6 Å². The zero-order chi connectivity index (χ0) is 33.8. The highest BCUT2D eigenvalue weighted by Crippen LogP contribution is 2.25. The van der Waals surface area contributed by atoms with Gasteiger partial charge in [-0.25, -0.2) is 9.40 Å². The molecule has 1 N–H and O–H groups in total. The molecule has 0 aliphatic carbocycles. The molecule has 0 bridgehead atoms. The Morgan fingerprint density at radius 1 is 1.19 bits per heavy atom. The molecule has 1 atom stereocenters. The van der Waals surface area contributed by atoms with E-state index in [1.165, 1.54) is 42.2 Å². The summed E-state index contributed by atoms with van der Waals surface area (Å²) in [5, 5.41) is 8.07. The first-order valence-corrected chi connectivity index (χ1v) is 15.4. The first kappa shape index (κ1) is 45.3. The number of terminal acetylenes is 1. The average Bonchev–Trinajstić information content (AvgIpc) is 3.31. The van der Waals surface area contributed by atoms with Gasteiger partial charge in [-0.1, -0.05) is 71.4 Å². The molecule has 0 saturated heterocycles. The predicted octanol–water partition coefficient (Wildman–Crippen LogP) is 7.80. The Kier molecular flexibility index (Phi) is 30.2. The van der Waals surface area contributed by atoms with Gasteiger partial charge in [-0.05, 0) is 49.2 Å². The molecule has 10 heteroatoms. The molecular formula is C33H57ClF4N4O. The lowest BCUT2D eigenvalue weighted by molar-refractivity contribution is -0.171. The minimum absolute atomic E-state index is 0.0501. The molecule has 250 valence electrons. The third-order valence-electron chi connectivity index (χ3n) is 5.73. The zero-order valence-electron chi connectivity index (χ0n) is 27.9. The number of likely N-dealkylation sites (N-methyl/N-ethyl adjacent to an activating group) is 2. The Morgan fingerprint density at radius 2 is 1.81 bits per heavy atom. The van der Waals surface area contributed by atoms with E-state index < -0.39 is 19.5 Å². The Labute approximate surface area is 265 Å². The number of halogens is 5. The number of alkyl halides is 5. The van der Waals surface area contributed by atoms with Crippen molar-refractivity contribution in [2.24, 2.45) is 0 Å². The third kappa shape index (κ3) is 23.0. The van der Waals surface area contributed by atoms with Crippen molar-refractivity contribution in [3.05, 3.63) is 58.9 Å². The van der Waals surface area contributed by atoms with Gasteiger partial charge in [0.05, 0.1) is 6.61 Å². The fraction of sp³-hybridized carbons (Fsp3) is 0.636. The lowest BCUT2D eigenvalue weighted by Gasteiger charge is -2.30. The van der Waals surface area contributed by atoms with Crippen molar-refractivity contribution in [2.75, 3.05) is 73.6 Å². The lowest BCUT2D eigenvalue weighted by atomic mass is 9.90. The number of hydrogen-bond acceptors (Lipinski definition) is 5. The smallest absolute Gasteiger partial charge is 0.368 e. The number of allylic oxidation sites excluding steroid dienone is 4. The van der Waals surface area contributed by atoms with Crippen LogP contribution in [0.2, 0.25) is 0 Å². The van der Waals surface area contributed by atoms with Crippen molar-refractivity contribution in [1.29, 1.82) is 0 Å². The highest BCUT2D eigenvalue weighted by Gasteiger charge is 2.27. The van der Waals surface area contributed by atoms with E-state index in [2.05, 4.69) is 91.3 Å². The molecule has 0 aromatic carbocycles. The van der Waals surface area contributed by atoms with Crippen LogP contribution in [0.4, 0.5) is 17.6 Å². The van der Waals surface area contributed by atoms with E-state index in [1.54, 1.807) is 5.57 Å². The molecule has 2 aliphatic heterocycles. The van der Waals surface area contributed by atoms with Crippen LogP contribution in [-0.4, -0.2) is 101 Å². The highest BCUT2D eigenvalue weighted by molar-refractivity contribution is 6.19. The second-order valence-corrected chi connectivity index (χ2v) is 9.66. The number of rotatable bonds is 12. The van der Waals surface area contributed by atoms with Crippen molar-refractivity contribution in [3.8, 4) is 12.8 Å². The van der Waals surface area contributed by atoms with E-state index in [0.29, 0.717) is 11.6 Å². The summed E-state index contributed by atoms with van der Waals surface area (Å²) in [6, 6.07) is 0.457. The summed E-state index contributed by atoms with van der Waals surface area (Å²) in [7, 11) is 8.55. The van der Waals surface area contributed by atoms with Gasteiger partial charge in [-0.3, -0.25) is 0 Å². The van der Waals surface area contributed by atoms with Crippen LogP contribution in [0.1, 0.15) is 53.9 Å². The van der Waals surface area contributed by atoms with Crippen LogP contribution in [0, 0.1) is 12.8 Å². The summed E-state index contributed by atoms with van der Waals surface area (Å²) in [6.07, 6.45) is 18.3. The van der Waals surface area contributed by atoms with Crippen LogP contribution in [0.5, 0.6) is 0 Å². The monoisotopic (exact) mass is 636 g/mol. The van der Waals surface area contributed by atoms with Gasteiger partial charge in [0.25, 0.3) is 0 Å². The molecule has 2 heterocycles. The van der Waals surface area contributed by atoms with E-state index >= 15 is 0 Å². The maximum absolute atomic E-state index is 11.7. The first-order chi connectivity index (χ1) is 20.5. The summed E-state index contributed by atoms with van der Waals surface area (Å²) in [5.74, 6) is 0.0501. The molecule has 1 unspecified atom stereocenters. The van der Waals surface area contributed by atoms with Crippen molar-refractivity contribution in [2.45, 2.75) is 66.1 Å². The Balaban J connectivity index is -0.000000667. The van der Waals surface area contributed by atoms with E-state index in [0.717, 1.165) is 26.1 Å². The summed E-state index contributed by atoms with van der Waals surface area (Å²) < 4.78 is 51.0. The molecule has 43 heavy (non-hydrogen) atoms. The minimum Gasteiger partial charge on any atom is -0.368 e. The molecule has 0 fully saturated rings. The molecule has 0 saturated carbocycles. The minimum atomic E-state index is -4.34. The molecule has 2 aliphatic rings. The van der Waals surface area contributed by atoms with Gasteiger partial charge in [-0.15, -0.1) is 24.4 Å². The van der Waals surface area contributed by atoms with Crippen LogP contribution in [0.15, 0.2) is 58.9 Å². The summed E-state index contributed by atoms with van der Waals surface area (Å²) >= 11 is 5.44. The zero-order valence-corrected chi connectivity index (χ0v) is 28.7. The van der Waals surface area contributed by atoms with E-state index in [9.17, 15) is 17.6 Å². The summed E-state index contributed by atoms with van der Waals surface area (Å²) in [5.41, 5.74) is 5.02. The van der Waals surface area contributed by atoms with Crippen LogP contribution in [-0.2, 0) is 4.74 Å². The first-order valence-electron chi connectivity index (χ1n) is 14.9. The van der Waals surface area contributed by atoms with Crippen LogP contribution in [0.25, 0.3) is 0 Å². The van der Waals surface area contributed by atoms with Crippen LogP contribution < -0.4 is 5.32 Å². The lowest BCUT2D eigenvalue weighted by Crippen LogP contribution is -2.42. The number of hydrogen-bond donors (Lipinski definition) is 1. The van der Waals surface area contributed by atoms with E-state index in [-0.39, 0.29) is 12.5 Å². The van der Waals surface area contributed by atoms with Crippen molar-refractivity contribution in [3.63, 3.8) is 0 Å². The molecule has 0 spiro atoms. The molecule has 0 aromatic heterocycles. The molecule has 2 rings (SSSR count). The standard InChI is InChI=1S/C18H32N4.C9H11ClF4O.2C2H6.C2H2/c1-6-7-16-10-11-19-18(14-20(2)3)17(16)9-8-15-12-21(4)22(5)13-15;10-5-8(3-1-2-4-11)6-15-7-9(12,13)14;3*1-2/h9-10,12,18-19H,6-8,11,13-14H2,1-5H3;1-3H,4-7H2;2*1-2H3;1-2H/b17-9-;2-1?,8-3+;;;. The Bertz CT molecular complexity index is 865. The fourth-order valence-electron chi connectivity index (χ4n) is 3.95. The normalized spacial score (nSPS) is 18.0. The third-order valence-corrected chi connectivity index (χ3v) is 6.08. The predicted molar refractivity (Wildman–Crippen MR) is 178 cm³/mol. The summed E-state index contributed by atoms with van der Waals surface area (Å²) in [6.45, 7) is 11.2. The maximum Gasteiger partial charge on any atom is 0.411 e. The SMILES string of the molecule is C#C.CC.CC.CCCC1=CCNC(CN(C)C)/C1=C\CC1=CN(C)N(C)C1.FCC=C/C=C(\CCl)COCC(F)(F)F. The second-order valence-electron chi connectivity index (χ2n) is 9.39. The van der Waals surface area contributed by atoms with Crippen molar-refractivity contribution in [1.82, 2.24) is 20.2 Å².